The van der Waals surface area contributed by atoms with Gasteiger partial charge in [-0.3, -0.25) is 0 Å². The third-order valence-corrected chi connectivity index (χ3v) is 6.67. The summed E-state index contributed by atoms with van der Waals surface area (Å²) in [5.41, 5.74) is 0. The molecule has 68 valence electrons. The maximum atomic E-state index is 8.61. The Bertz CT molecular complexity index is 72.8. The van der Waals surface area contributed by atoms with Crippen molar-refractivity contribution in [1.82, 2.24) is 0 Å². The molecule has 1 atom stereocenters. The number of aliphatic hydroxyl groups is 1. The quantitative estimate of drug-likeness (QED) is 0.584. The van der Waals surface area contributed by atoms with Gasteiger partial charge in [0.05, 0.1) is 0 Å². The zero-order chi connectivity index (χ0) is 8.53. The summed E-state index contributed by atoms with van der Waals surface area (Å²) in [6.45, 7) is 2.55. The Hall–Kier alpha value is 0.354. The summed E-state index contributed by atoms with van der Waals surface area (Å²) in [7, 11) is 0.0393. The second kappa shape index (κ2) is 8.45. The van der Waals surface area contributed by atoms with Gasteiger partial charge in [-0.05, 0) is 18.5 Å². The zero-order valence-electron chi connectivity index (χ0n) is 7.68. The van der Waals surface area contributed by atoms with E-state index in [0.717, 1.165) is 16.9 Å². The minimum Gasteiger partial charge on any atom is -0.465 e. The van der Waals surface area contributed by atoms with Gasteiger partial charge < -0.3 is 9.22 Å². The zero-order valence-corrected chi connectivity index (χ0v) is 10.8. The molecule has 4 heteroatoms. The Labute approximate surface area is 74.2 Å². The SMILES string of the molecule is CCCC[SiH](CCCO)O[SiH3]. The minimum absolute atomic E-state index is 0.334. The van der Waals surface area contributed by atoms with Crippen molar-refractivity contribution in [3.05, 3.63) is 0 Å². The number of unbranched alkanes of at least 4 members (excludes halogenated alkanes) is 1. The molecule has 0 aliphatic heterocycles. The van der Waals surface area contributed by atoms with Crippen LogP contribution < -0.4 is 0 Å². The molecule has 11 heavy (non-hydrogen) atoms. The Morgan fingerprint density at radius 3 is 2.45 bits per heavy atom. The molecule has 2 nitrogen and oxygen atoms in total. The molecule has 0 aromatic heterocycles. The van der Waals surface area contributed by atoms with Gasteiger partial charge in [0.25, 0.3) is 0 Å². The molecule has 0 saturated heterocycles. The van der Waals surface area contributed by atoms with E-state index in [2.05, 4.69) is 6.92 Å². The lowest BCUT2D eigenvalue weighted by Gasteiger charge is -2.11. The van der Waals surface area contributed by atoms with Crippen LogP contribution >= 0.6 is 0 Å². The van der Waals surface area contributed by atoms with Gasteiger partial charge in [-0.1, -0.05) is 19.8 Å². The fraction of sp³-hybridized carbons (Fsp3) is 1.00. The molecule has 0 fully saturated rings. The topological polar surface area (TPSA) is 29.5 Å². The summed E-state index contributed by atoms with van der Waals surface area (Å²) in [6.07, 6.45) is 3.53. The molecular weight excluding hydrogens is 172 g/mol. The molecule has 0 rings (SSSR count). The van der Waals surface area contributed by atoms with Gasteiger partial charge in [0.2, 0.25) is 0 Å². The van der Waals surface area contributed by atoms with Crippen molar-refractivity contribution in [1.29, 1.82) is 0 Å². The first kappa shape index (κ1) is 11.4. The Morgan fingerprint density at radius 1 is 1.36 bits per heavy atom. The van der Waals surface area contributed by atoms with E-state index in [1.165, 1.54) is 24.9 Å². The van der Waals surface area contributed by atoms with Gasteiger partial charge in [-0.15, -0.1) is 0 Å². The predicted molar refractivity (Wildman–Crippen MR) is 54.4 cm³/mol. The lowest BCUT2D eigenvalue weighted by molar-refractivity contribution is 0.293. The Balaban J connectivity index is 3.25. The molecule has 1 N–H and O–H groups in total. The Kier molecular flexibility index (Phi) is 8.72. The van der Waals surface area contributed by atoms with Crippen LogP contribution in [0.1, 0.15) is 26.2 Å². The van der Waals surface area contributed by atoms with E-state index in [4.69, 9.17) is 9.22 Å². The van der Waals surface area contributed by atoms with Crippen LogP contribution in [0.5, 0.6) is 0 Å². The maximum absolute atomic E-state index is 8.61. The average Bonchev–Trinajstić information content (AvgIpc) is 2.05. The molecule has 0 heterocycles. The molecule has 0 spiro atoms. The fourth-order valence-corrected chi connectivity index (χ4v) is 4.81. The van der Waals surface area contributed by atoms with Gasteiger partial charge in [0.1, 0.15) is 10.5 Å². The highest BCUT2D eigenvalue weighted by Crippen LogP contribution is 2.07. The van der Waals surface area contributed by atoms with Crippen LogP contribution in [-0.2, 0) is 4.12 Å². The molecule has 0 aliphatic rings. The number of aliphatic hydroxyl groups excluding tert-OH is 1. The van der Waals surface area contributed by atoms with Crippen molar-refractivity contribution in [3.63, 3.8) is 0 Å². The molecule has 0 bridgehead atoms. The monoisotopic (exact) mass is 192 g/mol. The van der Waals surface area contributed by atoms with Gasteiger partial charge >= 0.3 is 0 Å². The van der Waals surface area contributed by atoms with E-state index in [1.807, 2.05) is 0 Å². The highest BCUT2D eigenvalue weighted by Gasteiger charge is 2.07. The summed E-state index contributed by atoms with van der Waals surface area (Å²) >= 11 is 0. The minimum atomic E-state index is -0.847. The number of hydrogen-bond acceptors (Lipinski definition) is 2. The van der Waals surface area contributed by atoms with Gasteiger partial charge in [0.15, 0.2) is 9.04 Å². The molecule has 0 amide bonds. The molecule has 0 aromatic carbocycles. The van der Waals surface area contributed by atoms with Crippen molar-refractivity contribution in [2.24, 2.45) is 0 Å². The summed E-state index contributed by atoms with van der Waals surface area (Å²) in [6, 6.07) is 2.47. The highest BCUT2D eigenvalue weighted by atomic mass is 28.3. The van der Waals surface area contributed by atoms with Crippen LogP contribution in [0.15, 0.2) is 0 Å². The van der Waals surface area contributed by atoms with E-state index in [-0.39, 0.29) is 0 Å². The van der Waals surface area contributed by atoms with E-state index in [1.54, 1.807) is 0 Å². The summed E-state index contributed by atoms with van der Waals surface area (Å²) in [4.78, 5) is 0. The number of rotatable bonds is 7. The summed E-state index contributed by atoms with van der Waals surface area (Å²) < 4.78 is 5.52. The predicted octanol–water partition coefficient (Wildman–Crippen LogP) is 0.190. The third-order valence-electron chi connectivity index (χ3n) is 1.90. The second-order valence-corrected chi connectivity index (χ2v) is 7.15. The average molecular weight is 192 g/mol. The molecular formula is C7H20O2Si2. The highest BCUT2D eigenvalue weighted by molar-refractivity contribution is 6.55. The van der Waals surface area contributed by atoms with Crippen LogP contribution in [-0.4, -0.2) is 31.2 Å². The lowest BCUT2D eigenvalue weighted by Crippen LogP contribution is -2.16. The molecule has 0 radical (unpaired) electrons. The largest absolute Gasteiger partial charge is 0.465 e. The van der Waals surface area contributed by atoms with Crippen LogP contribution in [0.4, 0.5) is 0 Å². The van der Waals surface area contributed by atoms with Gasteiger partial charge in [-0.25, -0.2) is 0 Å². The van der Waals surface area contributed by atoms with E-state index in [0.29, 0.717) is 6.61 Å². The standard InChI is InChI=1S/C7H20O2Si2/c1-2-3-6-11(9-10)7-4-5-8/h8,11H,2-7H2,1,10H3. The van der Waals surface area contributed by atoms with Crippen molar-refractivity contribution >= 4 is 19.5 Å². The van der Waals surface area contributed by atoms with E-state index >= 15 is 0 Å². The van der Waals surface area contributed by atoms with Gasteiger partial charge in [-0.2, -0.15) is 0 Å². The first-order valence-corrected chi connectivity index (χ1v) is 7.40. The lowest BCUT2D eigenvalue weighted by atomic mass is 10.4. The fourth-order valence-electron chi connectivity index (χ4n) is 1.13. The van der Waals surface area contributed by atoms with Crippen molar-refractivity contribution in [2.45, 2.75) is 38.3 Å². The normalized spacial score (nSPS) is 13.6. The summed E-state index contributed by atoms with van der Waals surface area (Å²) in [5, 5.41) is 8.61. The third kappa shape index (κ3) is 6.74. The molecule has 1 unspecified atom stereocenters. The van der Waals surface area contributed by atoms with Gasteiger partial charge in [0, 0.05) is 6.61 Å². The summed E-state index contributed by atoms with van der Waals surface area (Å²) in [5.74, 6) is 0. The Morgan fingerprint density at radius 2 is 2.00 bits per heavy atom. The molecule has 0 aliphatic carbocycles. The van der Waals surface area contributed by atoms with Crippen LogP contribution in [0.2, 0.25) is 12.1 Å². The second-order valence-electron chi connectivity index (χ2n) is 2.87. The maximum Gasteiger partial charge on any atom is 0.162 e. The van der Waals surface area contributed by atoms with Crippen molar-refractivity contribution in [2.75, 3.05) is 6.61 Å². The van der Waals surface area contributed by atoms with Crippen molar-refractivity contribution in [3.8, 4) is 0 Å². The molecule has 0 saturated carbocycles. The van der Waals surface area contributed by atoms with Crippen LogP contribution in [0.3, 0.4) is 0 Å². The molecule has 0 aromatic rings. The first-order valence-electron chi connectivity index (χ1n) is 4.48. The smallest absolute Gasteiger partial charge is 0.162 e. The van der Waals surface area contributed by atoms with Crippen molar-refractivity contribution < 1.29 is 9.22 Å². The van der Waals surface area contributed by atoms with Crippen LogP contribution in [0.25, 0.3) is 0 Å². The van der Waals surface area contributed by atoms with Crippen LogP contribution in [0, 0.1) is 0 Å². The first-order chi connectivity index (χ1) is 5.35. The number of hydrogen-bond donors (Lipinski definition) is 1. The van der Waals surface area contributed by atoms with E-state index < -0.39 is 9.04 Å². The van der Waals surface area contributed by atoms with E-state index in [9.17, 15) is 0 Å².